The summed E-state index contributed by atoms with van der Waals surface area (Å²) in [5, 5.41) is 1.68. The second-order valence-electron chi connectivity index (χ2n) is 6.54. The number of para-hydroxylation sites is 1. The SMILES string of the molecule is CN(C)Cc1ccc2ccccc2c1-c1ccccc1OS(=O)(=O)C(F)(F)F. The minimum atomic E-state index is -5.78. The van der Waals surface area contributed by atoms with Crippen LogP contribution in [-0.4, -0.2) is 32.9 Å². The maximum Gasteiger partial charge on any atom is 0.534 e. The fourth-order valence-electron chi connectivity index (χ4n) is 3.02. The Morgan fingerprint density at radius 1 is 0.929 bits per heavy atom. The summed E-state index contributed by atoms with van der Waals surface area (Å²) in [7, 11) is -2.04. The Hall–Kier alpha value is -2.58. The van der Waals surface area contributed by atoms with Gasteiger partial charge in [0.05, 0.1) is 0 Å². The normalized spacial score (nSPS) is 12.5. The van der Waals surface area contributed by atoms with Crippen molar-refractivity contribution in [3.8, 4) is 16.9 Å². The average Bonchev–Trinajstić information content (AvgIpc) is 2.61. The molecule has 8 heteroatoms. The van der Waals surface area contributed by atoms with Gasteiger partial charge in [-0.3, -0.25) is 0 Å². The molecule has 0 aromatic heterocycles. The lowest BCUT2D eigenvalue weighted by Crippen LogP contribution is -2.28. The van der Waals surface area contributed by atoms with E-state index in [4.69, 9.17) is 0 Å². The van der Waals surface area contributed by atoms with Crippen LogP contribution in [0.5, 0.6) is 5.75 Å². The fourth-order valence-corrected chi connectivity index (χ4v) is 3.49. The molecule has 148 valence electrons. The van der Waals surface area contributed by atoms with Crippen molar-refractivity contribution >= 4 is 20.9 Å². The predicted octanol–water partition coefficient (Wildman–Crippen LogP) is 4.80. The summed E-state index contributed by atoms with van der Waals surface area (Å²) in [6.07, 6.45) is 0. The van der Waals surface area contributed by atoms with Crippen LogP contribution in [0.4, 0.5) is 13.2 Å². The van der Waals surface area contributed by atoms with Crippen molar-refractivity contribution in [3.63, 3.8) is 0 Å². The number of nitrogens with zero attached hydrogens (tertiary/aromatic N) is 1. The van der Waals surface area contributed by atoms with Gasteiger partial charge in [0.25, 0.3) is 0 Å². The molecule has 0 saturated carbocycles. The molecule has 0 radical (unpaired) electrons. The second-order valence-corrected chi connectivity index (χ2v) is 8.08. The van der Waals surface area contributed by atoms with Crippen LogP contribution in [-0.2, 0) is 16.7 Å². The lowest BCUT2D eigenvalue weighted by Gasteiger charge is -2.19. The van der Waals surface area contributed by atoms with Gasteiger partial charge in [0.1, 0.15) is 0 Å². The standard InChI is InChI=1S/C20H18F3NO3S/c1-24(2)13-15-12-11-14-7-3-4-8-16(14)19(15)17-9-5-6-10-18(17)27-28(25,26)20(21,22)23/h3-12H,13H2,1-2H3. The molecule has 0 fully saturated rings. The van der Waals surface area contributed by atoms with Crippen molar-refractivity contribution in [3.05, 3.63) is 66.2 Å². The third kappa shape index (κ3) is 3.98. The average molecular weight is 409 g/mol. The molecule has 3 rings (SSSR count). The van der Waals surface area contributed by atoms with Crippen LogP contribution in [0.15, 0.2) is 60.7 Å². The first-order valence-electron chi connectivity index (χ1n) is 8.35. The zero-order valence-electron chi connectivity index (χ0n) is 15.2. The van der Waals surface area contributed by atoms with Gasteiger partial charge in [-0.15, -0.1) is 0 Å². The number of benzene rings is 3. The zero-order valence-corrected chi connectivity index (χ0v) is 16.0. The maximum absolute atomic E-state index is 12.8. The van der Waals surface area contributed by atoms with Crippen molar-refractivity contribution in [2.75, 3.05) is 14.1 Å². The molecule has 0 aliphatic carbocycles. The third-order valence-electron chi connectivity index (χ3n) is 4.14. The van der Waals surface area contributed by atoms with E-state index >= 15 is 0 Å². The van der Waals surface area contributed by atoms with Gasteiger partial charge >= 0.3 is 15.6 Å². The van der Waals surface area contributed by atoms with Gasteiger partial charge < -0.3 is 9.08 Å². The molecule has 0 aliphatic rings. The molecule has 0 atom stereocenters. The van der Waals surface area contributed by atoms with E-state index in [1.807, 2.05) is 55.4 Å². The number of hydrogen-bond donors (Lipinski definition) is 0. The largest absolute Gasteiger partial charge is 0.534 e. The Labute approximate surface area is 161 Å². The number of rotatable bonds is 5. The third-order valence-corrected chi connectivity index (χ3v) is 5.11. The first-order valence-corrected chi connectivity index (χ1v) is 9.76. The summed E-state index contributed by atoms with van der Waals surface area (Å²) >= 11 is 0. The summed E-state index contributed by atoms with van der Waals surface area (Å²) < 4.78 is 66.2. The predicted molar refractivity (Wildman–Crippen MR) is 102 cm³/mol. The minimum Gasteiger partial charge on any atom is -0.375 e. The van der Waals surface area contributed by atoms with E-state index in [1.54, 1.807) is 12.1 Å². The number of alkyl halides is 3. The summed E-state index contributed by atoms with van der Waals surface area (Å²) in [6.45, 7) is 0.514. The summed E-state index contributed by atoms with van der Waals surface area (Å²) in [5.41, 5.74) is -3.75. The summed E-state index contributed by atoms with van der Waals surface area (Å²) in [5.74, 6) is -0.365. The molecule has 0 unspecified atom stereocenters. The van der Waals surface area contributed by atoms with Crippen molar-refractivity contribution in [2.24, 2.45) is 0 Å². The molecule has 4 nitrogen and oxygen atoms in total. The topological polar surface area (TPSA) is 46.6 Å². The van der Waals surface area contributed by atoms with Gasteiger partial charge in [0.15, 0.2) is 5.75 Å². The van der Waals surface area contributed by atoms with Crippen LogP contribution in [0.25, 0.3) is 21.9 Å². The van der Waals surface area contributed by atoms with Crippen LogP contribution in [0, 0.1) is 0 Å². The van der Waals surface area contributed by atoms with Crippen LogP contribution in [0.1, 0.15) is 5.56 Å². The van der Waals surface area contributed by atoms with Gasteiger partial charge in [-0.25, -0.2) is 0 Å². The van der Waals surface area contributed by atoms with Gasteiger partial charge in [-0.2, -0.15) is 21.6 Å². The lowest BCUT2D eigenvalue weighted by atomic mass is 9.92. The molecule has 0 spiro atoms. The summed E-state index contributed by atoms with van der Waals surface area (Å²) in [4.78, 5) is 1.92. The van der Waals surface area contributed by atoms with Crippen molar-refractivity contribution in [1.29, 1.82) is 0 Å². The zero-order chi connectivity index (χ0) is 20.5. The van der Waals surface area contributed by atoms with E-state index in [0.717, 1.165) is 16.3 Å². The minimum absolute atomic E-state index is 0.281. The molecule has 28 heavy (non-hydrogen) atoms. The van der Waals surface area contributed by atoms with E-state index in [0.29, 0.717) is 12.1 Å². The van der Waals surface area contributed by atoms with Crippen molar-refractivity contribution < 1.29 is 25.8 Å². The Balaban J connectivity index is 2.26. The highest BCUT2D eigenvalue weighted by atomic mass is 32.2. The number of fused-ring (bicyclic) bond motifs is 1. The molecule has 0 N–H and O–H groups in total. The molecule has 0 aliphatic heterocycles. The molecule has 0 heterocycles. The molecule has 0 saturated heterocycles. The first kappa shape index (κ1) is 20.2. The highest BCUT2D eigenvalue weighted by molar-refractivity contribution is 7.88. The van der Waals surface area contributed by atoms with Crippen LogP contribution >= 0.6 is 0 Å². The van der Waals surface area contributed by atoms with E-state index in [9.17, 15) is 21.6 Å². The highest BCUT2D eigenvalue weighted by Gasteiger charge is 2.48. The van der Waals surface area contributed by atoms with E-state index < -0.39 is 15.6 Å². The molecule has 3 aromatic rings. The number of halogens is 3. The summed E-state index contributed by atoms with van der Waals surface area (Å²) in [6, 6.07) is 17.1. The van der Waals surface area contributed by atoms with Gasteiger partial charge in [0, 0.05) is 12.1 Å². The van der Waals surface area contributed by atoms with Gasteiger partial charge in [-0.05, 0) is 42.1 Å². The smallest absolute Gasteiger partial charge is 0.375 e. The van der Waals surface area contributed by atoms with Crippen LogP contribution in [0.3, 0.4) is 0 Å². The monoisotopic (exact) mass is 409 g/mol. The van der Waals surface area contributed by atoms with E-state index in [1.165, 1.54) is 12.1 Å². The van der Waals surface area contributed by atoms with E-state index in [2.05, 4.69) is 4.18 Å². The Bertz CT molecular complexity index is 1110. The molecule has 3 aromatic carbocycles. The van der Waals surface area contributed by atoms with Crippen LogP contribution in [0.2, 0.25) is 0 Å². The Kier molecular flexibility index (Phi) is 5.36. The lowest BCUT2D eigenvalue weighted by molar-refractivity contribution is -0.0499. The van der Waals surface area contributed by atoms with Crippen LogP contribution < -0.4 is 4.18 Å². The molecule has 0 amide bonds. The van der Waals surface area contributed by atoms with Gasteiger partial charge in [0.2, 0.25) is 0 Å². The molecule has 0 bridgehead atoms. The van der Waals surface area contributed by atoms with Crippen molar-refractivity contribution in [2.45, 2.75) is 12.1 Å². The fraction of sp³-hybridized carbons (Fsp3) is 0.200. The quantitative estimate of drug-likeness (QED) is 0.449. The van der Waals surface area contributed by atoms with Gasteiger partial charge in [-0.1, -0.05) is 54.6 Å². The van der Waals surface area contributed by atoms with E-state index in [-0.39, 0.29) is 11.3 Å². The Morgan fingerprint density at radius 3 is 2.25 bits per heavy atom. The molecular formula is C20H18F3NO3S. The maximum atomic E-state index is 12.8. The highest BCUT2D eigenvalue weighted by Crippen LogP contribution is 2.40. The first-order chi connectivity index (χ1) is 13.1. The Morgan fingerprint density at radius 2 is 1.57 bits per heavy atom. The van der Waals surface area contributed by atoms with Crippen molar-refractivity contribution in [1.82, 2.24) is 4.90 Å². The number of hydrogen-bond acceptors (Lipinski definition) is 4. The second kappa shape index (κ2) is 7.44. The molecular weight excluding hydrogens is 391 g/mol.